The van der Waals surface area contributed by atoms with Gasteiger partial charge in [0.2, 0.25) is 11.7 Å². The smallest absolute Gasteiger partial charge is 0.232 e. The van der Waals surface area contributed by atoms with Gasteiger partial charge < -0.3 is 14.4 Å². The maximum Gasteiger partial charge on any atom is 0.232 e. The lowest BCUT2D eigenvalue weighted by Crippen LogP contribution is -2.30. The van der Waals surface area contributed by atoms with Crippen molar-refractivity contribution in [2.45, 2.75) is 72.0 Å². The summed E-state index contributed by atoms with van der Waals surface area (Å²) in [5.74, 6) is 1.17. The molecule has 0 aromatic carbocycles. The van der Waals surface area contributed by atoms with Crippen molar-refractivity contribution < 1.29 is 14.4 Å². The highest BCUT2D eigenvalue weighted by atomic mass is 16.5. The number of hydrogen-bond donors (Lipinski definition) is 1. The first-order valence-electron chi connectivity index (χ1n) is 7.57. The van der Waals surface area contributed by atoms with E-state index in [4.69, 9.17) is 9.26 Å². The highest BCUT2D eigenvalue weighted by Crippen LogP contribution is 2.33. The Morgan fingerprint density at radius 3 is 2.20 bits per heavy atom. The zero-order valence-electron chi connectivity index (χ0n) is 13.5. The molecule has 1 heterocycles. The van der Waals surface area contributed by atoms with Crippen LogP contribution in [0.5, 0.6) is 0 Å². The number of ether oxygens (including phenoxy) is 1. The number of aromatic nitrogens is 2. The minimum absolute atomic E-state index is 0.149. The first-order valence-corrected chi connectivity index (χ1v) is 7.57. The molecular formula is C15H28N2O3. The molecule has 0 bridgehead atoms. The number of rotatable bonds is 8. The van der Waals surface area contributed by atoms with Crippen molar-refractivity contribution in [1.29, 1.82) is 0 Å². The molecule has 2 unspecified atom stereocenters. The second-order valence-electron chi connectivity index (χ2n) is 5.60. The summed E-state index contributed by atoms with van der Waals surface area (Å²) in [7, 11) is 0. The molecule has 0 aliphatic carbocycles. The van der Waals surface area contributed by atoms with Crippen LogP contribution in [-0.2, 0) is 10.3 Å². The maximum atomic E-state index is 9.91. The van der Waals surface area contributed by atoms with Crippen LogP contribution < -0.4 is 0 Å². The Hall–Kier alpha value is -0.940. The van der Waals surface area contributed by atoms with Gasteiger partial charge in [0.15, 0.2) is 0 Å². The molecule has 1 N–H and O–H groups in total. The van der Waals surface area contributed by atoms with Gasteiger partial charge in [-0.3, -0.25) is 0 Å². The molecule has 20 heavy (non-hydrogen) atoms. The number of nitrogens with zero attached hydrogens (tertiary/aromatic N) is 2. The summed E-state index contributed by atoms with van der Waals surface area (Å²) in [6.07, 6.45) is 1.06. The van der Waals surface area contributed by atoms with Crippen LogP contribution in [0.1, 0.15) is 72.0 Å². The molecule has 1 aromatic rings. The number of aliphatic hydroxyl groups is 1. The normalized spacial score (nSPS) is 15.6. The number of hydrogen-bond acceptors (Lipinski definition) is 5. The van der Waals surface area contributed by atoms with Gasteiger partial charge in [0, 0.05) is 6.61 Å². The molecule has 0 aliphatic heterocycles. The topological polar surface area (TPSA) is 68.4 Å². The van der Waals surface area contributed by atoms with E-state index in [0.717, 1.165) is 12.8 Å². The summed E-state index contributed by atoms with van der Waals surface area (Å²) in [4.78, 5) is 4.52. The Balaban J connectivity index is 3.11. The van der Waals surface area contributed by atoms with Crippen LogP contribution in [0.25, 0.3) is 0 Å². The van der Waals surface area contributed by atoms with Crippen molar-refractivity contribution in [3.8, 4) is 0 Å². The molecule has 0 fully saturated rings. The SMILES string of the molecule is CCOC(CC)(CC)c1noc(C(C(C)C)C(C)O)n1. The van der Waals surface area contributed by atoms with Gasteiger partial charge in [0.05, 0.1) is 12.0 Å². The lowest BCUT2D eigenvalue weighted by Gasteiger charge is -2.27. The summed E-state index contributed by atoms with van der Waals surface area (Å²) in [6, 6.07) is 0. The Morgan fingerprint density at radius 1 is 1.20 bits per heavy atom. The summed E-state index contributed by atoms with van der Waals surface area (Å²) < 4.78 is 11.3. The molecule has 1 rings (SSSR count). The third-order valence-electron chi connectivity index (χ3n) is 3.94. The summed E-state index contributed by atoms with van der Waals surface area (Å²) in [6.45, 7) is 12.5. The van der Waals surface area contributed by atoms with Crippen molar-refractivity contribution in [2.75, 3.05) is 6.61 Å². The molecule has 0 spiro atoms. The fourth-order valence-electron chi connectivity index (χ4n) is 2.72. The van der Waals surface area contributed by atoms with Crippen molar-refractivity contribution in [3.63, 3.8) is 0 Å². The maximum absolute atomic E-state index is 9.91. The molecule has 0 saturated heterocycles. The molecule has 5 nitrogen and oxygen atoms in total. The van der Waals surface area contributed by atoms with Crippen LogP contribution in [0.4, 0.5) is 0 Å². The van der Waals surface area contributed by atoms with Crippen LogP contribution in [0.15, 0.2) is 4.52 Å². The standard InChI is InChI=1S/C15H28N2O3/c1-7-15(8-2,19-9-3)14-16-13(20-17-14)12(10(4)5)11(6)18/h10-12,18H,7-9H2,1-6H3. The summed E-state index contributed by atoms with van der Waals surface area (Å²) in [5, 5.41) is 14.0. The van der Waals surface area contributed by atoms with E-state index >= 15 is 0 Å². The third kappa shape index (κ3) is 3.38. The van der Waals surface area contributed by atoms with Gasteiger partial charge in [-0.05, 0) is 32.6 Å². The minimum Gasteiger partial charge on any atom is -0.393 e. The Kier molecular flexibility index (Phi) is 6.14. The molecule has 5 heteroatoms. The fourth-order valence-corrected chi connectivity index (χ4v) is 2.72. The largest absolute Gasteiger partial charge is 0.393 e. The van der Waals surface area contributed by atoms with E-state index in [0.29, 0.717) is 18.3 Å². The molecule has 116 valence electrons. The molecular weight excluding hydrogens is 256 g/mol. The van der Waals surface area contributed by atoms with E-state index in [2.05, 4.69) is 24.0 Å². The Labute approximate surface area is 121 Å². The molecule has 0 amide bonds. The van der Waals surface area contributed by atoms with E-state index < -0.39 is 11.7 Å². The summed E-state index contributed by atoms with van der Waals surface area (Å²) >= 11 is 0. The zero-order chi connectivity index (χ0) is 15.3. The van der Waals surface area contributed by atoms with E-state index in [-0.39, 0.29) is 11.8 Å². The van der Waals surface area contributed by atoms with Gasteiger partial charge >= 0.3 is 0 Å². The second kappa shape index (κ2) is 7.18. The summed E-state index contributed by atoms with van der Waals surface area (Å²) in [5.41, 5.74) is -0.489. The predicted octanol–water partition coefficient (Wildman–Crippen LogP) is 3.24. The number of aliphatic hydroxyl groups excluding tert-OH is 1. The van der Waals surface area contributed by atoms with Gasteiger partial charge in [-0.25, -0.2) is 0 Å². The van der Waals surface area contributed by atoms with Crippen molar-refractivity contribution in [3.05, 3.63) is 11.7 Å². The first-order chi connectivity index (χ1) is 9.41. The minimum atomic E-state index is -0.520. The first kappa shape index (κ1) is 17.1. The van der Waals surface area contributed by atoms with Gasteiger partial charge in [-0.2, -0.15) is 4.98 Å². The van der Waals surface area contributed by atoms with Crippen LogP contribution in [-0.4, -0.2) is 28.0 Å². The molecule has 2 atom stereocenters. The highest BCUT2D eigenvalue weighted by Gasteiger charge is 2.36. The van der Waals surface area contributed by atoms with Crippen LogP contribution in [0.2, 0.25) is 0 Å². The Morgan fingerprint density at radius 2 is 1.80 bits per heavy atom. The average molecular weight is 284 g/mol. The monoisotopic (exact) mass is 284 g/mol. The van der Waals surface area contributed by atoms with Gasteiger partial charge in [-0.1, -0.05) is 32.9 Å². The van der Waals surface area contributed by atoms with Crippen LogP contribution in [0.3, 0.4) is 0 Å². The lowest BCUT2D eigenvalue weighted by atomic mass is 9.90. The quantitative estimate of drug-likeness (QED) is 0.793. The van der Waals surface area contributed by atoms with Crippen LogP contribution in [0, 0.1) is 5.92 Å². The van der Waals surface area contributed by atoms with Crippen molar-refractivity contribution in [1.82, 2.24) is 10.1 Å². The Bertz CT molecular complexity index is 390. The average Bonchev–Trinajstić information content (AvgIpc) is 2.85. The second-order valence-corrected chi connectivity index (χ2v) is 5.60. The van der Waals surface area contributed by atoms with E-state index in [1.165, 1.54) is 0 Å². The molecule has 0 aliphatic rings. The third-order valence-corrected chi connectivity index (χ3v) is 3.94. The van der Waals surface area contributed by atoms with E-state index in [1.807, 2.05) is 20.8 Å². The fraction of sp³-hybridized carbons (Fsp3) is 0.867. The molecule has 0 radical (unpaired) electrons. The van der Waals surface area contributed by atoms with Crippen molar-refractivity contribution in [2.24, 2.45) is 5.92 Å². The molecule has 0 saturated carbocycles. The lowest BCUT2D eigenvalue weighted by molar-refractivity contribution is -0.0583. The highest BCUT2D eigenvalue weighted by molar-refractivity contribution is 5.05. The predicted molar refractivity (Wildman–Crippen MR) is 77.4 cm³/mol. The van der Waals surface area contributed by atoms with Crippen molar-refractivity contribution >= 4 is 0 Å². The van der Waals surface area contributed by atoms with Gasteiger partial charge in [0.25, 0.3) is 0 Å². The zero-order valence-corrected chi connectivity index (χ0v) is 13.5. The van der Waals surface area contributed by atoms with Crippen LogP contribution >= 0.6 is 0 Å². The van der Waals surface area contributed by atoms with E-state index in [1.54, 1.807) is 6.92 Å². The molecule has 1 aromatic heterocycles. The van der Waals surface area contributed by atoms with Gasteiger partial charge in [-0.15, -0.1) is 0 Å². The van der Waals surface area contributed by atoms with Gasteiger partial charge in [0.1, 0.15) is 5.60 Å². The van der Waals surface area contributed by atoms with E-state index in [9.17, 15) is 5.11 Å².